The van der Waals surface area contributed by atoms with Crippen LogP contribution in [0.1, 0.15) is 82.8 Å². The van der Waals surface area contributed by atoms with Crippen LogP contribution in [0.25, 0.3) is 0 Å². The molecule has 0 radical (unpaired) electrons. The molecule has 0 aliphatic carbocycles. The fourth-order valence-electron chi connectivity index (χ4n) is 4.30. The fourth-order valence-corrected chi connectivity index (χ4v) is 5.07. The molecule has 0 saturated heterocycles. The molecule has 1 aromatic heterocycles. The minimum atomic E-state index is -0.761. The van der Waals surface area contributed by atoms with Crippen LogP contribution in [0.2, 0.25) is 0 Å². The van der Waals surface area contributed by atoms with Crippen molar-refractivity contribution in [2.45, 2.75) is 82.6 Å². The first-order chi connectivity index (χ1) is 15.1. The van der Waals surface area contributed by atoms with Crippen molar-refractivity contribution in [1.82, 2.24) is 9.97 Å². The molecule has 1 aliphatic heterocycles. The van der Waals surface area contributed by atoms with E-state index in [2.05, 4.69) is 68.6 Å². The van der Waals surface area contributed by atoms with E-state index in [1.165, 1.54) is 5.56 Å². The molecule has 0 fully saturated rings. The number of hydrogen-bond acceptors (Lipinski definition) is 5. The number of thioether (sulfide) groups is 1. The molecule has 32 heavy (non-hydrogen) atoms. The van der Waals surface area contributed by atoms with E-state index in [0.29, 0.717) is 12.1 Å². The van der Waals surface area contributed by atoms with Crippen molar-refractivity contribution in [2.75, 3.05) is 5.75 Å². The van der Waals surface area contributed by atoms with Gasteiger partial charge in [0.1, 0.15) is 17.0 Å². The van der Waals surface area contributed by atoms with Crippen LogP contribution >= 0.6 is 11.8 Å². The number of carbonyl (C=O) groups is 1. The first kappa shape index (κ1) is 24.1. The standard InChI is InChI=1S/C26H32N2O3S/c1-6-32-23-14-22-21(25(2,3)17-26(4,5)31-22)13-18(23)11-12-20-16-27-19(15-28-20)9-7-8-10-24(29)30/h13-16H,6-10,17H2,1-5H3,(H,29,30). The summed E-state index contributed by atoms with van der Waals surface area (Å²) in [5.41, 5.74) is 3.49. The number of carboxylic acid groups (broad SMARTS) is 1. The number of carboxylic acids is 1. The second-order valence-electron chi connectivity index (χ2n) is 9.44. The summed E-state index contributed by atoms with van der Waals surface area (Å²) in [6.45, 7) is 11.0. The molecule has 0 saturated carbocycles. The third-order valence-corrected chi connectivity index (χ3v) is 6.41. The Morgan fingerprint density at radius 1 is 1.16 bits per heavy atom. The molecule has 0 atom stereocenters. The fraction of sp³-hybridized carbons (Fsp3) is 0.500. The van der Waals surface area contributed by atoms with Gasteiger partial charge in [-0.15, -0.1) is 11.8 Å². The number of aliphatic carboxylic acids is 1. The van der Waals surface area contributed by atoms with Crippen LogP contribution in [0, 0.1) is 11.8 Å². The molecule has 1 N–H and O–H groups in total. The Hall–Kier alpha value is -2.52. The van der Waals surface area contributed by atoms with Gasteiger partial charge >= 0.3 is 5.97 Å². The van der Waals surface area contributed by atoms with Crippen LogP contribution in [0.15, 0.2) is 29.4 Å². The molecule has 0 bridgehead atoms. The molecule has 5 nitrogen and oxygen atoms in total. The maximum atomic E-state index is 10.6. The van der Waals surface area contributed by atoms with Crippen LogP contribution < -0.4 is 4.74 Å². The van der Waals surface area contributed by atoms with Crippen molar-refractivity contribution in [1.29, 1.82) is 0 Å². The van der Waals surface area contributed by atoms with Crippen molar-refractivity contribution in [3.05, 3.63) is 47.0 Å². The summed E-state index contributed by atoms with van der Waals surface area (Å²) in [7, 11) is 0. The number of rotatable bonds is 7. The highest BCUT2D eigenvalue weighted by Crippen LogP contribution is 2.46. The monoisotopic (exact) mass is 452 g/mol. The summed E-state index contributed by atoms with van der Waals surface area (Å²) >= 11 is 1.77. The Morgan fingerprint density at radius 3 is 2.59 bits per heavy atom. The number of hydrogen-bond donors (Lipinski definition) is 1. The smallest absolute Gasteiger partial charge is 0.303 e. The average molecular weight is 453 g/mol. The number of aryl methyl sites for hydroxylation is 1. The number of benzene rings is 1. The van der Waals surface area contributed by atoms with E-state index in [4.69, 9.17) is 9.84 Å². The second-order valence-corrected chi connectivity index (χ2v) is 10.7. The number of aromatic nitrogens is 2. The van der Waals surface area contributed by atoms with Crippen LogP contribution in [-0.2, 0) is 16.6 Å². The Labute approximate surface area is 195 Å². The quantitative estimate of drug-likeness (QED) is 0.334. The van der Waals surface area contributed by atoms with Gasteiger partial charge in [0.15, 0.2) is 0 Å². The van der Waals surface area contributed by atoms with Gasteiger partial charge < -0.3 is 9.84 Å². The zero-order valence-electron chi connectivity index (χ0n) is 19.6. The Bertz CT molecular complexity index is 1030. The topological polar surface area (TPSA) is 72.3 Å². The second kappa shape index (κ2) is 9.95. The van der Waals surface area contributed by atoms with Gasteiger partial charge in [0.05, 0.1) is 11.9 Å². The van der Waals surface area contributed by atoms with E-state index in [1.54, 1.807) is 24.2 Å². The van der Waals surface area contributed by atoms with E-state index in [-0.39, 0.29) is 17.4 Å². The molecule has 0 unspecified atom stereocenters. The minimum absolute atomic E-state index is 0.00498. The van der Waals surface area contributed by atoms with E-state index in [1.807, 2.05) is 0 Å². The van der Waals surface area contributed by atoms with Crippen molar-refractivity contribution in [3.8, 4) is 17.6 Å². The Balaban J connectivity index is 1.81. The maximum absolute atomic E-state index is 10.6. The zero-order chi connectivity index (χ0) is 23.4. The van der Waals surface area contributed by atoms with E-state index < -0.39 is 5.97 Å². The molecular formula is C26H32N2O3S. The van der Waals surface area contributed by atoms with Crippen LogP contribution in [-0.4, -0.2) is 32.4 Å². The van der Waals surface area contributed by atoms with Gasteiger partial charge in [-0.25, -0.2) is 4.98 Å². The highest BCUT2D eigenvalue weighted by atomic mass is 32.2. The summed E-state index contributed by atoms with van der Waals surface area (Å²) in [5, 5.41) is 8.72. The van der Waals surface area contributed by atoms with E-state index in [0.717, 1.165) is 46.9 Å². The lowest BCUT2D eigenvalue weighted by atomic mass is 9.73. The number of nitrogens with zero attached hydrogens (tertiary/aromatic N) is 2. The lowest BCUT2D eigenvalue weighted by Gasteiger charge is -2.42. The van der Waals surface area contributed by atoms with Gasteiger partial charge in [-0.1, -0.05) is 26.7 Å². The highest BCUT2D eigenvalue weighted by molar-refractivity contribution is 7.99. The van der Waals surface area contributed by atoms with E-state index in [9.17, 15) is 4.79 Å². The first-order valence-corrected chi connectivity index (χ1v) is 12.1. The Kier molecular flexibility index (Phi) is 7.51. The molecule has 1 aliphatic rings. The predicted molar refractivity (Wildman–Crippen MR) is 128 cm³/mol. The van der Waals surface area contributed by atoms with Gasteiger partial charge in [0.25, 0.3) is 0 Å². The Morgan fingerprint density at radius 2 is 1.94 bits per heavy atom. The molecular weight excluding hydrogens is 420 g/mol. The van der Waals surface area contributed by atoms with Gasteiger partial charge in [-0.05, 0) is 68.8 Å². The minimum Gasteiger partial charge on any atom is -0.487 e. The molecule has 170 valence electrons. The van der Waals surface area contributed by atoms with Gasteiger partial charge in [-0.2, -0.15) is 0 Å². The van der Waals surface area contributed by atoms with Crippen LogP contribution in [0.4, 0.5) is 0 Å². The molecule has 0 amide bonds. The zero-order valence-corrected chi connectivity index (χ0v) is 20.4. The van der Waals surface area contributed by atoms with Crippen LogP contribution in [0.3, 0.4) is 0 Å². The highest BCUT2D eigenvalue weighted by Gasteiger charge is 2.39. The van der Waals surface area contributed by atoms with Crippen molar-refractivity contribution < 1.29 is 14.6 Å². The van der Waals surface area contributed by atoms with Crippen molar-refractivity contribution in [3.63, 3.8) is 0 Å². The average Bonchev–Trinajstić information content (AvgIpc) is 2.69. The molecule has 2 heterocycles. The number of ether oxygens (including phenoxy) is 1. The van der Waals surface area contributed by atoms with Crippen LogP contribution in [0.5, 0.6) is 5.75 Å². The van der Waals surface area contributed by atoms with E-state index >= 15 is 0 Å². The summed E-state index contributed by atoms with van der Waals surface area (Å²) in [6, 6.07) is 4.32. The normalized spacial score (nSPS) is 15.8. The predicted octanol–water partition coefficient (Wildman–Crippen LogP) is 5.62. The number of fused-ring (bicyclic) bond motifs is 1. The summed E-state index contributed by atoms with van der Waals surface area (Å²) in [4.78, 5) is 20.6. The largest absolute Gasteiger partial charge is 0.487 e. The van der Waals surface area contributed by atoms with Crippen molar-refractivity contribution >= 4 is 17.7 Å². The summed E-state index contributed by atoms with van der Waals surface area (Å²) < 4.78 is 6.31. The van der Waals surface area contributed by atoms with Crippen molar-refractivity contribution in [2.24, 2.45) is 0 Å². The maximum Gasteiger partial charge on any atom is 0.303 e. The van der Waals surface area contributed by atoms with Gasteiger partial charge in [0, 0.05) is 28.6 Å². The lowest BCUT2D eigenvalue weighted by Crippen LogP contribution is -2.41. The van der Waals surface area contributed by atoms with Gasteiger partial charge in [-0.3, -0.25) is 9.78 Å². The lowest BCUT2D eigenvalue weighted by molar-refractivity contribution is -0.137. The summed E-state index contributed by atoms with van der Waals surface area (Å²) in [5.74, 6) is 7.63. The third kappa shape index (κ3) is 6.26. The SMILES string of the molecule is CCSc1cc2c(cc1C#Cc1cnc(CCCCC(=O)O)cn1)C(C)(C)CC(C)(C)O2. The third-order valence-electron chi connectivity index (χ3n) is 5.47. The molecule has 0 spiro atoms. The molecule has 3 rings (SSSR count). The summed E-state index contributed by atoms with van der Waals surface area (Å²) in [6.07, 6.45) is 6.72. The first-order valence-electron chi connectivity index (χ1n) is 11.1. The molecule has 1 aromatic carbocycles. The molecule has 6 heteroatoms. The van der Waals surface area contributed by atoms with Gasteiger partial charge in [0.2, 0.25) is 0 Å². The number of unbranched alkanes of at least 4 members (excludes halogenated alkanes) is 1. The molecule has 2 aromatic rings.